The third-order valence-corrected chi connectivity index (χ3v) is 2.80. The van der Waals surface area contributed by atoms with Crippen molar-refractivity contribution in [3.63, 3.8) is 0 Å². The van der Waals surface area contributed by atoms with E-state index in [-0.39, 0.29) is 0 Å². The number of rotatable bonds is 2. The molecule has 4 heteroatoms. The van der Waals surface area contributed by atoms with Crippen molar-refractivity contribution in [3.8, 4) is 0 Å². The van der Waals surface area contributed by atoms with Crippen LogP contribution in [0.1, 0.15) is 6.42 Å². The van der Waals surface area contributed by atoms with Gasteiger partial charge in [0.2, 0.25) is 0 Å². The summed E-state index contributed by atoms with van der Waals surface area (Å²) in [5.74, 6) is 0.800. The fraction of sp³-hybridized carbons (Fsp3) is 0.500. The van der Waals surface area contributed by atoms with Gasteiger partial charge in [0, 0.05) is 18.8 Å². The Kier molecular flexibility index (Phi) is 2.89. The Morgan fingerprint density at radius 1 is 1.64 bits per heavy atom. The summed E-state index contributed by atoms with van der Waals surface area (Å²) in [6.07, 6.45) is 2.91. The highest BCUT2D eigenvalue weighted by atomic mass is 35.5. The third kappa shape index (κ3) is 2.16. The van der Waals surface area contributed by atoms with E-state index >= 15 is 0 Å². The lowest BCUT2D eigenvalue weighted by Gasteiger charge is -2.13. The normalized spacial score (nSPS) is 22.6. The van der Waals surface area contributed by atoms with Crippen molar-refractivity contribution in [1.29, 1.82) is 0 Å². The molecule has 0 aromatic carbocycles. The molecule has 0 spiro atoms. The summed E-state index contributed by atoms with van der Waals surface area (Å²) in [5.41, 5.74) is 0. The van der Waals surface area contributed by atoms with Crippen molar-refractivity contribution in [2.45, 2.75) is 12.5 Å². The molecule has 1 aromatic rings. The van der Waals surface area contributed by atoms with Gasteiger partial charge < -0.3 is 10.2 Å². The van der Waals surface area contributed by atoms with Gasteiger partial charge in [0.25, 0.3) is 0 Å². The van der Waals surface area contributed by atoms with E-state index in [1.807, 2.05) is 12.1 Å². The predicted molar refractivity (Wildman–Crippen MR) is 58.8 cm³/mol. The topological polar surface area (TPSA) is 28.2 Å². The summed E-state index contributed by atoms with van der Waals surface area (Å²) < 4.78 is 0. The molecule has 1 saturated heterocycles. The maximum absolute atomic E-state index is 6.00. The van der Waals surface area contributed by atoms with Crippen molar-refractivity contribution in [2.24, 2.45) is 0 Å². The summed E-state index contributed by atoms with van der Waals surface area (Å²) in [6, 6.07) is 4.18. The maximum atomic E-state index is 6.00. The number of anilines is 1. The zero-order chi connectivity index (χ0) is 9.97. The van der Waals surface area contributed by atoms with Crippen LogP contribution in [0.3, 0.4) is 0 Å². The van der Waals surface area contributed by atoms with E-state index in [0.29, 0.717) is 11.1 Å². The highest BCUT2D eigenvalue weighted by molar-refractivity contribution is 6.32. The lowest BCUT2D eigenvalue weighted by Crippen LogP contribution is -2.24. The average Bonchev–Trinajstić information content (AvgIpc) is 2.56. The van der Waals surface area contributed by atoms with Crippen LogP contribution in [-0.2, 0) is 0 Å². The lowest BCUT2D eigenvalue weighted by molar-refractivity contribution is 0.414. The van der Waals surface area contributed by atoms with Crippen molar-refractivity contribution in [3.05, 3.63) is 23.4 Å². The second kappa shape index (κ2) is 4.15. The fourth-order valence-corrected chi connectivity index (χ4v) is 1.91. The molecule has 1 N–H and O–H groups in total. The fourth-order valence-electron chi connectivity index (χ4n) is 1.74. The molecule has 0 radical (unpaired) electrons. The smallest absolute Gasteiger partial charge is 0.145 e. The molecule has 2 rings (SSSR count). The molecule has 76 valence electrons. The monoisotopic (exact) mass is 211 g/mol. The number of hydrogen-bond acceptors (Lipinski definition) is 3. The maximum Gasteiger partial charge on any atom is 0.145 e. The minimum absolute atomic E-state index is 0.479. The van der Waals surface area contributed by atoms with Crippen LogP contribution in [-0.4, -0.2) is 36.1 Å². The van der Waals surface area contributed by atoms with E-state index in [4.69, 9.17) is 11.6 Å². The van der Waals surface area contributed by atoms with Crippen LogP contribution in [0.25, 0.3) is 0 Å². The number of pyridine rings is 1. The van der Waals surface area contributed by atoms with Gasteiger partial charge >= 0.3 is 0 Å². The molecule has 1 unspecified atom stereocenters. The van der Waals surface area contributed by atoms with Gasteiger partial charge in [0.1, 0.15) is 5.82 Å². The molecular formula is C10H14ClN3. The lowest BCUT2D eigenvalue weighted by atomic mass is 10.2. The SMILES string of the molecule is CN1CCC(Nc2ncccc2Cl)C1. The van der Waals surface area contributed by atoms with Crippen LogP contribution in [0.5, 0.6) is 0 Å². The summed E-state index contributed by atoms with van der Waals surface area (Å²) >= 11 is 6.00. The Morgan fingerprint density at radius 3 is 3.14 bits per heavy atom. The number of likely N-dealkylation sites (tertiary alicyclic amines) is 1. The van der Waals surface area contributed by atoms with E-state index in [0.717, 1.165) is 25.3 Å². The van der Waals surface area contributed by atoms with Crippen LogP contribution in [0.4, 0.5) is 5.82 Å². The standard InChI is InChI=1S/C10H14ClN3/c1-14-6-4-8(7-14)13-10-9(11)3-2-5-12-10/h2-3,5,8H,4,6-7H2,1H3,(H,12,13). The van der Waals surface area contributed by atoms with E-state index in [9.17, 15) is 0 Å². The number of likely N-dealkylation sites (N-methyl/N-ethyl adjacent to an activating group) is 1. The predicted octanol–water partition coefficient (Wildman–Crippen LogP) is 1.85. The molecule has 3 nitrogen and oxygen atoms in total. The summed E-state index contributed by atoms with van der Waals surface area (Å²) in [7, 11) is 2.13. The molecule has 14 heavy (non-hydrogen) atoms. The Balaban J connectivity index is 2.01. The second-order valence-electron chi connectivity index (χ2n) is 3.73. The Morgan fingerprint density at radius 2 is 2.50 bits per heavy atom. The van der Waals surface area contributed by atoms with Gasteiger partial charge in [-0.05, 0) is 32.1 Å². The van der Waals surface area contributed by atoms with Gasteiger partial charge in [0.15, 0.2) is 0 Å². The summed E-state index contributed by atoms with van der Waals surface area (Å²) in [5, 5.41) is 4.05. The van der Waals surface area contributed by atoms with Crippen molar-refractivity contribution >= 4 is 17.4 Å². The average molecular weight is 212 g/mol. The first-order valence-electron chi connectivity index (χ1n) is 4.81. The van der Waals surface area contributed by atoms with Crippen LogP contribution >= 0.6 is 11.6 Å². The van der Waals surface area contributed by atoms with E-state index in [1.54, 1.807) is 6.20 Å². The molecule has 0 amide bonds. The zero-order valence-corrected chi connectivity index (χ0v) is 8.96. The van der Waals surface area contributed by atoms with Gasteiger partial charge in [-0.15, -0.1) is 0 Å². The second-order valence-corrected chi connectivity index (χ2v) is 4.13. The molecule has 1 aromatic heterocycles. The van der Waals surface area contributed by atoms with E-state index in [2.05, 4.69) is 22.2 Å². The minimum atomic E-state index is 0.479. The Labute approximate surface area is 89.1 Å². The van der Waals surface area contributed by atoms with Gasteiger partial charge in [-0.2, -0.15) is 0 Å². The minimum Gasteiger partial charge on any atom is -0.365 e. The van der Waals surface area contributed by atoms with Crippen molar-refractivity contribution in [2.75, 3.05) is 25.5 Å². The van der Waals surface area contributed by atoms with E-state index < -0.39 is 0 Å². The van der Waals surface area contributed by atoms with Crippen molar-refractivity contribution in [1.82, 2.24) is 9.88 Å². The number of halogens is 1. The molecule has 2 heterocycles. The molecule has 0 aliphatic carbocycles. The molecule has 0 saturated carbocycles. The number of nitrogens with zero attached hydrogens (tertiary/aromatic N) is 2. The molecule has 1 atom stereocenters. The Bertz CT molecular complexity index is 316. The molecule has 1 aliphatic heterocycles. The first-order valence-corrected chi connectivity index (χ1v) is 5.19. The Hall–Kier alpha value is -0.800. The highest BCUT2D eigenvalue weighted by Crippen LogP contribution is 2.20. The summed E-state index contributed by atoms with van der Waals surface area (Å²) in [4.78, 5) is 6.51. The molecular weight excluding hydrogens is 198 g/mol. The van der Waals surface area contributed by atoms with Crippen LogP contribution < -0.4 is 5.32 Å². The van der Waals surface area contributed by atoms with E-state index in [1.165, 1.54) is 0 Å². The third-order valence-electron chi connectivity index (χ3n) is 2.49. The zero-order valence-electron chi connectivity index (χ0n) is 8.20. The van der Waals surface area contributed by atoms with Crippen LogP contribution in [0, 0.1) is 0 Å². The number of nitrogens with one attached hydrogen (secondary N) is 1. The molecule has 0 bridgehead atoms. The number of hydrogen-bond donors (Lipinski definition) is 1. The highest BCUT2D eigenvalue weighted by Gasteiger charge is 2.19. The van der Waals surface area contributed by atoms with Gasteiger partial charge in [-0.25, -0.2) is 4.98 Å². The van der Waals surface area contributed by atoms with Crippen LogP contribution in [0.2, 0.25) is 5.02 Å². The molecule has 1 fully saturated rings. The van der Waals surface area contributed by atoms with Gasteiger partial charge in [-0.1, -0.05) is 11.6 Å². The molecule has 1 aliphatic rings. The van der Waals surface area contributed by atoms with Gasteiger partial charge in [-0.3, -0.25) is 0 Å². The van der Waals surface area contributed by atoms with Crippen LogP contribution in [0.15, 0.2) is 18.3 Å². The van der Waals surface area contributed by atoms with Crippen molar-refractivity contribution < 1.29 is 0 Å². The van der Waals surface area contributed by atoms with Gasteiger partial charge in [0.05, 0.1) is 5.02 Å². The largest absolute Gasteiger partial charge is 0.365 e. The summed E-state index contributed by atoms with van der Waals surface area (Å²) in [6.45, 7) is 2.20. The first kappa shape index (κ1) is 9.74. The first-order chi connectivity index (χ1) is 6.75. The quantitative estimate of drug-likeness (QED) is 0.810. The number of aromatic nitrogens is 1.